The number of anilines is 3. The summed E-state index contributed by atoms with van der Waals surface area (Å²) in [6, 6.07) is 33.0. The lowest BCUT2D eigenvalue weighted by molar-refractivity contribution is 0.261. The summed E-state index contributed by atoms with van der Waals surface area (Å²) in [7, 11) is 0. The summed E-state index contributed by atoms with van der Waals surface area (Å²) < 4.78 is 13.6. The second kappa shape index (κ2) is 19.5. The zero-order chi connectivity index (χ0) is 47.5. The Bertz CT molecular complexity index is 3440. The minimum Gasteiger partial charge on any atom is -0.458 e. The van der Waals surface area contributed by atoms with Crippen LogP contribution in [-0.2, 0) is 6.54 Å². The lowest BCUT2D eigenvalue weighted by atomic mass is 9.92. The zero-order valence-electron chi connectivity index (χ0n) is 40.6. The maximum atomic E-state index is 6.88. The molecule has 1 aliphatic carbocycles. The Kier molecular flexibility index (Phi) is 13.4. The fourth-order valence-corrected chi connectivity index (χ4v) is 9.49. The highest BCUT2D eigenvalue weighted by Gasteiger charge is 2.30. The fourth-order valence-electron chi connectivity index (χ4n) is 9.49. The molecule has 0 spiro atoms. The van der Waals surface area contributed by atoms with E-state index in [0.29, 0.717) is 6.54 Å². The van der Waals surface area contributed by atoms with E-state index in [-0.39, 0.29) is 6.04 Å². The smallest absolute Gasteiger partial charge is 0.159 e. The van der Waals surface area contributed by atoms with E-state index in [4.69, 9.17) is 15.4 Å². The van der Waals surface area contributed by atoms with E-state index >= 15 is 0 Å². The number of fused-ring (bicyclic) bond motifs is 4. The van der Waals surface area contributed by atoms with Crippen LogP contribution in [0.15, 0.2) is 179 Å². The molecule has 2 heterocycles. The Morgan fingerprint density at radius 3 is 2.24 bits per heavy atom. The Morgan fingerprint density at radius 1 is 0.731 bits per heavy atom. The summed E-state index contributed by atoms with van der Waals surface area (Å²) in [5.41, 5.74) is 14.8. The Labute approximate surface area is 396 Å². The largest absolute Gasteiger partial charge is 0.458 e. The molecule has 9 rings (SSSR count). The molecule has 0 saturated carbocycles. The van der Waals surface area contributed by atoms with Gasteiger partial charge in [0, 0.05) is 45.2 Å². The second-order valence-electron chi connectivity index (χ2n) is 17.4. The molecular weight excluding hydrogens is 817 g/mol. The summed E-state index contributed by atoms with van der Waals surface area (Å²) in [5.74, 6) is 1.61. The molecule has 0 fully saturated rings. The Balaban J connectivity index is 0.00000300. The van der Waals surface area contributed by atoms with Gasteiger partial charge in [0.05, 0.1) is 11.4 Å². The van der Waals surface area contributed by atoms with E-state index in [2.05, 4.69) is 210 Å². The van der Waals surface area contributed by atoms with E-state index < -0.39 is 0 Å². The average molecular weight is 879 g/mol. The van der Waals surface area contributed by atoms with Crippen LogP contribution in [0.2, 0.25) is 0 Å². The highest BCUT2D eigenvalue weighted by atomic mass is 16.3. The predicted molar refractivity (Wildman–Crippen MR) is 291 cm³/mol. The molecule has 1 atom stereocenters. The number of rotatable bonds is 12. The number of furan rings is 2. The van der Waals surface area contributed by atoms with Crippen LogP contribution < -0.4 is 10.1 Å². The second-order valence-corrected chi connectivity index (χ2v) is 17.4. The van der Waals surface area contributed by atoms with Crippen LogP contribution in [0.1, 0.15) is 92.5 Å². The monoisotopic (exact) mass is 878 g/mol. The summed E-state index contributed by atoms with van der Waals surface area (Å²) in [6.45, 7) is 32.5. The summed E-state index contributed by atoms with van der Waals surface area (Å²) in [4.78, 5) is 4.80. The molecule has 4 nitrogen and oxygen atoms in total. The van der Waals surface area contributed by atoms with Crippen molar-refractivity contribution in [2.24, 2.45) is 0 Å². The minimum absolute atomic E-state index is 0.271. The van der Waals surface area contributed by atoms with E-state index in [1.807, 2.05) is 26.8 Å². The number of benzene rings is 6. The van der Waals surface area contributed by atoms with Crippen molar-refractivity contribution in [1.29, 1.82) is 0 Å². The first-order chi connectivity index (χ1) is 32.5. The van der Waals surface area contributed by atoms with Crippen molar-refractivity contribution >= 4 is 84.8 Å². The Hall–Kier alpha value is -7.56. The first-order valence-corrected chi connectivity index (χ1v) is 23.4. The van der Waals surface area contributed by atoms with Gasteiger partial charge in [-0.25, -0.2) is 0 Å². The maximum absolute atomic E-state index is 6.88. The molecule has 4 heteroatoms. The topological polar surface area (TPSA) is 32.8 Å². The molecule has 6 aromatic carbocycles. The number of para-hydroxylation sites is 2. The minimum atomic E-state index is -0.271. The van der Waals surface area contributed by atoms with Crippen molar-refractivity contribution in [3.63, 3.8) is 0 Å². The van der Waals surface area contributed by atoms with Crippen molar-refractivity contribution in [1.82, 2.24) is 4.90 Å². The first-order valence-electron chi connectivity index (χ1n) is 23.4. The third-order valence-corrected chi connectivity index (χ3v) is 12.7. The molecular formula is C63H62N2O2. The number of hydrogen-bond acceptors (Lipinski definition) is 4. The highest BCUT2D eigenvalue weighted by Crippen LogP contribution is 2.47. The van der Waals surface area contributed by atoms with E-state index in [1.54, 1.807) is 6.08 Å². The van der Waals surface area contributed by atoms with Crippen LogP contribution in [0.25, 0.3) is 67.8 Å². The first kappa shape index (κ1) is 46.0. The molecule has 336 valence electrons. The molecule has 0 saturated heterocycles. The van der Waals surface area contributed by atoms with Gasteiger partial charge in [-0.2, -0.15) is 0 Å². The highest BCUT2D eigenvalue weighted by molar-refractivity contribution is 6.18. The van der Waals surface area contributed by atoms with Crippen molar-refractivity contribution in [3.05, 3.63) is 220 Å². The van der Waals surface area contributed by atoms with Crippen LogP contribution in [0.4, 0.5) is 17.1 Å². The Morgan fingerprint density at radius 2 is 1.49 bits per heavy atom. The van der Waals surface area contributed by atoms with Crippen molar-refractivity contribution in [3.8, 4) is 0 Å². The SMILES string of the molecule is C=C/C=c1/ccc2c(N(c3cc(C)ccc3C)c3cccc4c3oc3c(C)cccc34)ccc3ccc(CN(C(=C)/C(C)=C\C=C(C)C)C4C=CC=Cc5c4oc(C=C)c5/C=C\C)c1c32.CC. The molecule has 8 aromatic rings. The fraction of sp³-hybridized carbons (Fsp3) is 0.175. The normalized spacial score (nSPS) is 13.8. The molecule has 0 bridgehead atoms. The number of allylic oxidation sites excluding steroid dienone is 8. The van der Waals surface area contributed by atoms with Crippen molar-refractivity contribution in [2.45, 2.75) is 74.9 Å². The molecule has 0 aliphatic heterocycles. The van der Waals surface area contributed by atoms with Gasteiger partial charge in [-0.3, -0.25) is 0 Å². The number of nitrogens with zero attached hydrogens (tertiary/aromatic N) is 2. The van der Waals surface area contributed by atoms with Gasteiger partial charge < -0.3 is 18.6 Å². The number of hydrogen-bond donors (Lipinski definition) is 0. The molecule has 67 heavy (non-hydrogen) atoms. The molecule has 2 aromatic heterocycles. The van der Waals surface area contributed by atoms with Gasteiger partial charge in [-0.1, -0.05) is 173 Å². The van der Waals surface area contributed by atoms with Crippen molar-refractivity contribution < 1.29 is 8.83 Å². The van der Waals surface area contributed by atoms with Crippen LogP contribution >= 0.6 is 0 Å². The van der Waals surface area contributed by atoms with Gasteiger partial charge in [0.15, 0.2) is 5.58 Å². The van der Waals surface area contributed by atoms with Crippen LogP contribution in [-0.4, -0.2) is 4.90 Å². The standard InChI is InChI=1S/C61H56N2O2.C2H6/c1-11-18-44-32-34-51-52(63(55-36-39(6)27-29-41(55)8)54-25-17-23-50-49-22-16-20-42(9)59(49)65-61(50)54)35-33-45-30-31-46(57(44)58(45)51)37-62(43(10)40(7)28-26-38(4)5)53-24-15-14-21-48-47(19-12-2)56(13-3)64-60(48)53;1-2/h11-36,53H,1,3,10,37H2,2,4-9H3;1-2H3/b19-12-,40-28-,44-18-;. The van der Waals surface area contributed by atoms with E-state index in [1.165, 1.54) is 27.5 Å². The van der Waals surface area contributed by atoms with Gasteiger partial charge in [0.25, 0.3) is 0 Å². The average Bonchev–Trinajstić information content (AvgIpc) is 3.82. The summed E-state index contributed by atoms with van der Waals surface area (Å²) in [6.07, 6.45) is 22.9. The van der Waals surface area contributed by atoms with Crippen LogP contribution in [0, 0.1) is 20.8 Å². The lowest BCUT2D eigenvalue weighted by Crippen LogP contribution is -2.28. The molecule has 0 N–H and O–H groups in total. The van der Waals surface area contributed by atoms with E-state index in [0.717, 1.165) is 100 Å². The third kappa shape index (κ3) is 8.45. The predicted octanol–water partition coefficient (Wildman–Crippen LogP) is 17.8. The van der Waals surface area contributed by atoms with Gasteiger partial charge in [-0.05, 0) is 122 Å². The molecule has 0 radical (unpaired) electrons. The lowest BCUT2D eigenvalue weighted by Gasteiger charge is -2.34. The molecule has 1 unspecified atom stereocenters. The van der Waals surface area contributed by atoms with Crippen LogP contribution in [0.3, 0.4) is 0 Å². The van der Waals surface area contributed by atoms with Gasteiger partial charge in [-0.15, -0.1) is 0 Å². The van der Waals surface area contributed by atoms with Gasteiger partial charge >= 0.3 is 0 Å². The maximum Gasteiger partial charge on any atom is 0.159 e. The zero-order valence-corrected chi connectivity index (χ0v) is 40.6. The van der Waals surface area contributed by atoms with Crippen LogP contribution in [0.5, 0.6) is 0 Å². The molecule has 0 amide bonds. The van der Waals surface area contributed by atoms with Gasteiger partial charge in [0.2, 0.25) is 0 Å². The van der Waals surface area contributed by atoms with E-state index in [9.17, 15) is 0 Å². The number of aryl methyl sites for hydroxylation is 3. The summed E-state index contributed by atoms with van der Waals surface area (Å²) in [5, 5.41) is 7.95. The summed E-state index contributed by atoms with van der Waals surface area (Å²) >= 11 is 0. The molecule has 1 aliphatic rings. The third-order valence-electron chi connectivity index (χ3n) is 12.7. The van der Waals surface area contributed by atoms with Crippen molar-refractivity contribution in [2.75, 3.05) is 4.90 Å². The van der Waals surface area contributed by atoms with Gasteiger partial charge in [0.1, 0.15) is 23.1 Å². The quantitative estimate of drug-likeness (QED) is 0.114.